The van der Waals surface area contributed by atoms with Gasteiger partial charge in [0.15, 0.2) is 9.84 Å². The Bertz CT molecular complexity index is 1480. The van der Waals surface area contributed by atoms with Gasteiger partial charge in [0.1, 0.15) is 15.8 Å². The molecule has 186 valence electrons. The zero-order valence-corrected chi connectivity index (χ0v) is 22.3. The SMILES string of the molecule is CCOc1ccc(-c2nn(-c3ccccc3)cc2/C=C2/SC(=S)N([C@H]3CCS(=O)(=O)C3)C2=O)cc1C. The number of aryl methyl sites for hydroxylation is 1. The average Bonchev–Trinajstić information content (AvgIpc) is 3.51. The van der Waals surface area contributed by atoms with Crippen LogP contribution < -0.4 is 4.74 Å². The normalized spacial score (nSPS) is 20.4. The quantitative estimate of drug-likeness (QED) is 0.334. The number of hydrogen-bond acceptors (Lipinski definition) is 7. The van der Waals surface area contributed by atoms with Gasteiger partial charge in [0, 0.05) is 17.3 Å². The number of hydrogen-bond donors (Lipinski definition) is 0. The molecule has 2 aliphatic heterocycles. The number of sulfone groups is 1. The van der Waals surface area contributed by atoms with Crippen molar-refractivity contribution in [2.24, 2.45) is 0 Å². The van der Waals surface area contributed by atoms with Crippen molar-refractivity contribution in [1.82, 2.24) is 14.7 Å². The predicted molar refractivity (Wildman–Crippen MR) is 147 cm³/mol. The molecule has 3 aromatic rings. The molecule has 2 aliphatic rings. The second kappa shape index (κ2) is 9.84. The van der Waals surface area contributed by atoms with E-state index in [0.717, 1.165) is 33.8 Å². The molecule has 0 unspecified atom stereocenters. The summed E-state index contributed by atoms with van der Waals surface area (Å²) in [6, 6.07) is 15.3. The Labute approximate surface area is 220 Å². The Kier molecular flexibility index (Phi) is 6.76. The fourth-order valence-electron chi connectivity index (χ4n) is 4.46. The van der Waals surface area contributed by atoms with Crippen molar-refractivity contribution in [3.8, 4) is 22.7 Å². The van der Waals surface area contributed by atoms with Crippen LogP contribution in [0.25, 0.3) is 23.0 Å². The smallest absolute Gasteiger partial charge is 0.266 e. The first-order chi connectivity index (χ1) is 17.3. The largest absolute Gasteiger partial charge is 0.494 e. The van der Waals surface area contributed by atoms with E-state index in [1.54, 1.807) is 10.8 Å². The van der Waals surface area contributed by atoms with Crippen LogP contribution in [0, 0.1) is 6.92 Å². The van der Waals surface area contributed by atoms with Crippen molar-refractivity contribution in [3.05, 3.63) is 70.8 Å². The zero-order valence-electron chi connectivity index (χ0n) is 19.9. The fraction of sp³-hybridized carbons (Fsp3) is 0.269. The molecule has 0 saturated carbocycles. The first kappa shape index (κ1) is 24.7. The topological polar surface area (TPSA) is 81.5 Å². The molecule has 7 nitrogen and oxygen atoms in total. The summed E-state index contributed by atoms with van der Waals surface area (Å²) >= 11 is 6.69. The highest BCUT2D eigenvalue weighted by molar-refractivity contribution is 8.26. The van der Waals surface area contributed by atoms with Gasteiger partial charge in [-0.05, 0) is 62.2 Å². The molecule has 0 aliphatic carbocycles. The lowest BCUT2D eigenvalue weighted by Crippen LogP contribution is -2.39. The molecule has 36 heavy (non-hydrogen) atoms. The number of benzene rings is 2. The number of rotatable bonds is 6. The van der Waals surface area contributed by atoms with E-state index in [9.17, 15) is 13.2 Å². The van der Waals surface area contributed by atoms with Gasteiger partial charge < -0.3 is 4.74 Å². The van der Waals surface area contributed by atoms with Crippen LogP contribution in [0.15, 0.2) is 59.6 Å². The van der Waals surface area contributed by atoms with Crippen LogP contribution >= 0.6 is 24.0 Å². The van der Waals surface area contributed by atoms with Crippen molar-refractivity contribution >= 4 is 50.1 Å². The van der Waals surface area contributed by atoms with Gasteiger partial charge in [-0.2, -0.15) is 5.10 Å². The van der Waals surface area contributed by atoms with Gasteiger partial charge in [-0.25, -0.2) is 13.1 Å². The molecule has 5 rings (SSSR count). The van der Waals surface area contributed by atoms with Crippen molar-refractivity contribution in [3.63, 3.8) is 0 Å². The molecule has 1 amide bonds. The van der Waals surface area contributed by atoms with Gasteiger partial charge in [-0.3, -0.25) is 9.69 Å². The minimum atomic E-state index is -3.14. The first-order valence-electron chi connectivity index (χ1n) is 11.6. The lowest BCUT2D eigenvalue weighted by atomic mass is 10.0. The van der Waals surface area contributed by atoms with Gasteiger partial charge in [0.05, 0.1) is 34.7 Å². The Hall–Kier alpha value is -2.95. The lowest BCUT2D eigenvalue weighted by Gasteiger charge is -2.20. The second-order valence-corrected chi connectivity index (χ2v) is 12.6. The molecule has 2 aromatic carbocycles. The molecular formula is C26H25N3O4S3. The first-order valence-corrected chi connectivity index (χ1v) is 14.7. The van der Waals surface area contributed by atoms with Gasteiger partial charge >= 0.3 is 0 Å². The van der Waals surface area contributed by atoms with Crippen LogP contribution in [0.2, 0.25) is 0 Å². The Morgan fingerprint density at radius 1 is 1.22 bits per heavy atom. The second-order valence-electron chi connectivity index (χ2n) is 8.74. The van der Waals surface area contributed by atoms with E-state index in [2.05, 4.69) is 0 Å². The molecule has 10 heteroatoms. The number of aromatic nitrogens is 2. The van der Waals surface area contributed by atoms with Crippen molar-refractivity contribution in [2.45, 2.75) is 26.3 Å². The Morgan fingerprint density at radius 3 is 2.67 bits per heavy atom. The highest BCUT2D eigenvalue weighted by Gasteiger charge is 2.42. The predicted octanol–water partition coefficient (Wildman–Crippen LogP) is 4.63. The number of thiocarbonyl (C=S) groups is 1. The Morgan fingerprint density at radius 2 is 2.00 bits per heavy atom. The van der Waals surface area contributed by atoms with E-state index in [1.807, 2.05) is 68.6 Å². The standard InChI is InChI=1S/C26H25N3O4S3/c1-3-33-22-10-9-18(13-17(22)2)24-19(15-28(27-24)20-7-5-4-6-8-20)14-23-25(30)29(26(34)35-23)21-11-12-36(31,32)16-21/h4-10,13-15,21H,3,11-12,16H2,1-2H3/b23-14+/t21-/m0/s1. The van der Waals surface area contributed by atoms with E-state index in [-0.39, 0.29) is 17.4 Å². The van der Waals surface area contributed by atoms with Gasteiger partial charge in [-0.15, -0.1) is 0 Å². The van der Waals surface area contributed by atoms with Crippen LogP contribution in [0.3, 0.4) is 0 Å². The summed E-state index contributed by atoms with van der Waals surface area (Å²) < 4.78 is 31.9. The molecule has 0 spiro atoms. The van der Waals surface area contributed by atoms with E-state index in [0.29, 0.717) is 22.3 Å². The zero-order chi connectivity index (χ0) is 25.4. The highest BCUT2D eigenvalue weighted by atomic mass is 32.2. The third-order valence-corrected chi connectivity index (χ3v) is 9.28. The monoisotopic (exact) mass is 539 g/mol. The molecule has 1 atom stereocenters. The van der Waals surface area contributed by atoms with Crippen LogP contribution in [0.1, 0.15) is 24.5 Å². The molecule has 0 bridgehead atoms. The van der Waals surface area contributed by atoms with E-state index in [1.165, 1.54) is 16.7 Å². The number of para-hydroxylation sites is 1. The molecule has 1 aromatic heterocycles. The molecule has 0 radical (unpaired) electrons. The number of ether oxygens (including phenoxy) is 1. The third-order valence-electron chi connectivity index (χ3n) is 6.20. The highest BCUT2D eigenvalue weighted by Crippen LogP contribution is 2.38. The minimum absolute atomic E-state index is 0.0463. The maximum absolute atomic E-state index is 13.3. The summed E-state index contributed by atoms with van der Waals surface area (Å²) in [7, 11) is -3.14. The maximum atomic E-state index is 13.3. The van der Waals surface area contributed by atoms with Crippen LogP contribution in [-0.2, 0) is 14.6 Å². The number of carbonyl (C=O) groups excluding carboxylic acids is 1. The summed E-state index contributed by atoms with van der Waals surface area (Å²) in [5, 5.41) is 4.85. The summed E-state index contributed by atoms with van der Waals surface area (Å²) in [5.74, 6) is 0.597. The van der Waals surface area contributed by atoms with Crippen molar-refractivity contribution in [1.29, 1.82) is 0 Å². The van der Waals surface area contributed by atoms with Gasteiger partial charge in [0.25, 0.3) is 5.91 Å². The number of nitrogens with zero attached hydrogens (tertiary/aromatic N) is 3. The summed E-state index contributed by atoms with van der Waals surface area (Å²) in [6.07, 6.45) is 4.10. The van der Waals surface area contributed by atoms with E-state index >= 15 is 0 Å². The third kappa shape index (κ3) is 4.85. The average molecular weight is 540 g/mol. The molecule has 2 saturated heterocycles. The number of carbonyl (C=O) groups is 1. The van der Waals surface area contributed by atoms with Crippen molar-refractivity contribution < 1.29 is 17.9 Å². The molecular weight excluding hydrogens is 515 g/mol. The molecule has 3 heterocycles. The minimum Gasteiger partial charge on any atom is -0.494 e. The van der Waals surface area contributed by atoms with Gasteiger partial charge in [-0.1, -0.05) is 42.2 Å². The van der Waals surface area contributed by atoms with E-state index < -0.39 is 15.9 Å². The number of amides is 1. The summed E-state index contributed by atoms with van der Waals surface area (Å²) in [5.41, 5.74) is 4.27. The lowest BCUT2D eigenvalue weighted by molar-refractivity contribution is -0.123. The van der Waals surface area contributed by atoms with Crippen LogP contribution in [0.5, 0.6) is 5.75 Å². The number of thioether (sulfide) groups is 1. The van der Waals surface area contributed by atoms with E-state index in [4.69, 9.17) is 22.1 Å². The summed E-state index contributed by atoms with van der Waals surface area (Å²) in [6.45, 7) is 4.52. The maximum Gasteiger partial charge on any atom is 0.266 e. The molecule has 2 fully saturated rings. The summed E-state index contributed by atoms with van der Waals surface area (Å²) in [4.78, 5) is 15.3. The Balaban J connectivity index is 1.55. The van der Waals surface area contributed by atoms with Crippen LogP contribution in [-0.4, -0.2) is 57.5 Å². The van der Waals surface area contributed by atoms with Gasteiger partial charge in [0.2, 0.25) is 0 Å². The van der Waals surface area contributed by atoms with Crippen LogP contribution in [0.4, 0.5) is 0 Å². The fourth-order valence-corrected chi connectivity index (χ4v) is 7.55. The van der Waals surface area contributed by atoms with Crippen molar-refractivity contribution in [2.75, 3.05) is 18.1 Å². The molecule has 0 N–H and O–H groups in total.